The molecule has 2 aromatic carbocycles. The fourth-order valence-corrected chi connectivity index (χ4v) is 4.73. The smallest absolute Gasteiger partial charge is 0.172 e. The summed E-state index contributed by atoms with van der Waals surface area (Å²) < 4.78 is 12.0. The first-order valence-electron chi connectivity index (χ1n) is 10.7. The second-order valence-electron chi connectivity index (χ2n) is 8.89. The molecule has 0 bridgehead atoms. The van der Waals surface area contributed by atoms with Crippen molar-refractivity contribution in [3.8, 4) is 28.4 Å². The Morgan fingerprint density at radius 2 is 1.84 bits per heavy atom. The van der Waals surface area contributed by atoms with E-state index in [1.165, 1.54) is 0 Å². The number of phenols is 1. The van der Waals surface area contributed by atoms with Gasteiger partial charge in [-0.15, -0.1) is 0 Å². The Balaban J connectivity index is 1.84. The Morgan fingerprint density at radius 1 is 1.03 bits per heavy atom. The van der Waals surface area contributed by atoms with Crippen LogP contribution in [-0.2, 0) is 0 Å². The number of benzene rings is 2. The number of aromatic nitrogens is 1. The van der Waals surface area contributed by atoms with Crippen molar-refractivity contribution >= 4 is 23.1 Å². The summed E-state index contributed by atoms with van der Waals surface area (Å²) in [5.41, 5.74) is 7.55. The predicted octanol–water partition coefficient (Wildman–Crippen LogP) is 6.27. The Labute approximate surface area is 188 Å². The van der Waals surface area contributed by atoms with Gasteiger partial charge in [-0.05, 0) is 63.6 Å². The quantitative estimate of drug-likeness (QED) is 0.506. The maximum Gasteiger partial charge on any atom is 0.172 e. The molecule has 0 unspecified atom stereocenters. The number of aromatic hydroxyl groups is 1. The van der Waals surface area contributed by atoms with Crippen molar-refractivity contribution < 1.29 is 14.6 Å². The third-order valence-corrected chi connectivity index (χ3v) is 5.86. The van der Waals surface area contributed by atoms with Crippen LogP contribution in [0.1, 0.15) is 43.3 Å². The zero-order chi connectivity index (χ0) is 22.6. The van der Waals surface area contributed by atoms with Gasteiger partial charge in [-0.1, -0.05) is 18.2 Å². The highest BCUT2D eigenvalue weighted by Gasteiger charge is 2.33. The van der Waals surface area contributed by atoms with Crippen LogP contribution in [-0.4, -0.2) is 22.7 Å². The van der Waals surface area contributed by atoms with Crippen LogP contribution in [0.5, 0.6) is 17.2 Å². The molecule has 5 rings (SSSR count). The molecule has 2 aliphatic rings. The topological polar surface area (TPSA) is 63.6 Å². The summed E-state index contributed by atoms with van der Waals surface area (Å²) >= 11 is 0. The van der Waals surface area contributed by atoms with Crippen LogP contribution in [0.25, 0.3) is 28.5 Å². The van der Waals surface area contributed by atoms with Crippen LogP contribution >= 0.6 is 0 Å². The van der Waals surface area contributed by atoms with Crippen molar-refractivity contribution in [2.45, 2.75) is 33.2 Å². The van der Waals surface area contributed by atoms with Gasteiger partial charge < -0.3 is 19.9 Å². The molecule has 0 saturated heterocycles. The fourth-order valence-electron chi connectivity index (χ4n) is 4.73. The minimum absolute atomic E-state index is 0.0813. The van der Waals surface area contributed by atoms with E-state index in [4.69, 9.17) is 9.47 Å². The van der Waals surface area contributed by atoms with Crippen molar-refractivity contribution in [3.63, 3.8) is 0 Å². The first-order chi connectivity index (χ1) is 15.3. The Bertz CT molecular complexity index is 1320. The van der Waals surface area contributed by atoms with Gasteiger partial charge in [0.1, 0.15) is 11.5 Å². The van der Waals surface area contributed by atoms with E-state index < -0.39 is 0 Å². The van der Waals surface area contributed by atoms with Gasteiger partial charge in [-0.2, -0.15) is 0 Å². The minimum atomic E-state index is -0.156. The summed E-state index contributed by atoms with van der Waals surface area (Å²) in [6.07, 6.45) is 4.20. The average Bonchev–Trinajstić information content (AvgIpc) is 2.72. The second-order valence-corrected chi connectivity index (χ2v) is 8.89. The number of allylic oxidation sites excluding steroid dienone is 1. The predicted molar refractivity (Wildman–Crippen MR) is 129 cm³/mol. The van der Waals surface area contributed by atoms with Crippen molar-refractivity contribution in [3.05, 3.63) is 71.1 Å². The molecule has 3 aromatic rings. The SMILES string of the molecule is COc1c(O)ccc2c1-c1ccc3c(c1/C(=C/c1cccc(C)n1)O2)C(C)=CC(C)(C)N3. The van der Waals surface area contributed by atoms with Gasteiger partial charge in [0.2, 0.25) is 0 Å². The van der Waals surface area contributed by atoms with Crippen LogP contribution in [0, 0.1) is 6.92 Å². The number of hydrogen-bond acceptors (Lipinski definition) is 5. The van der Waals surface area contributed by atoms with Crippen LogP contribution in [0.3, 0.4) is 0 Å². The van der Waals surface area contributed by atoms with Crippen LogP contribution in [0.2, 0.25) is 0 Å². The number of fused-ring (bicyclic) bond motifs is 5. The monoisotopic (exact) mass is 426 g/mol. The number of methoxy groups -OCH3 is 1. The van der Waals surface area contributed by atoms with E-state index in [0.717, 1.165) is 44.9 Å². The average molecular weight is 427 g/mol. The second kappa shape index (κ2) is 7.16. The highest BCUT2D eigenvalue weighted by atomic mass is 16.5. The van der Waals surface area contributed by atoms with E-state index >= 15 is 0 Å². The molecule has 5 nitrogen and oxygen atoms in total. The largest absolute Gasteiger partial charge is 0.504 e. The summed E-state index contributed by atoms with van der Waals surface area (Å²) in [6, 6.07) is 13.5. The number of hydrogen-bond donors (Lipinski definition) is 2. The summed E-state index contributed by atoms with van der Waals surface area (Å²) in [5.74, 6) is 1.83. The maximum atomic E-state index is 10.5. The first-order valence-corrected chi connectivity index (χ1v) is 10.7. The number of nitrogens with zero attached hydrogens (tertiary/aromatic N) is 1. The van der Waals surface area contributed by atoms with Crippen LogP contribution < -0.4 is 14.8 Å². The van der Waals surface area contributed by atoms with Gasteiger partial charge in [-0.3, -0.25) is 4.98 Å². The van der Waals surface area contributed by atoms with Gasteiger partial charge in [0.25, 0.3) is 0 Å². The minimum Gasteiger partial charge on any atom is -0.504 e. The van der Waals surface area contributed by atoms with Gasteiger partial charge in [0.15, 0.2) is 11.5 Å². The molecule has 2 N–H and O–H groups in total. The molecule has 0 fully saturated rings. The van der Waals surface area contributed by atoms with Gasteiger partial charge in [0, 0.05) is 34.1 Å². The van der Waals surface area contributed by atoms with Gasteiger partial charge >= 0.3 is 0 Å². The maximum absolute atomic E-state index is 10.5. The zero-order valence-corrected chi connectivity index (χ0v) is 18.9. The van der Waals surface area contributed by atoms with Crippen molar-refractivity contribution in [2.75, 3.05) is 12.4 Å². The van der Waals surface area contributed by atoms with Gasteiger partial charge in [-0.25, -0.2) is 0 Å². The van der Waals surface area contributed by atoms with E-state index in [1.807, 2.05) is 31.2 Å². The van der Waals surface area contributed by atoms with E-state index in [9.17, 15) is 5.11 Å². The lowest BCUT2D eigenvalue weighted by molar-refractivity contribution is 0.371. The molecule has 162 valence electrons. The Kier molecular flexibility index (Phi) is 4.52. The summed E-state index contributed by atoms with van der Waals surface area (Å²) in [4.78, 5) is 4.65. The molecule has 5 heteroatoms. The number of anilines is 1. The molecule has 2 aliphatic heterocycles. The lowest BCUT2D eigenvalue weighted by atomic mass is 9.83. The van der Waals surface area contributed by atoms with E-state index in [0.29, 0.717) is 17.3 Å². The number of ether oxygens (including phenoxy) is 2. The Morgan fingerprint density at radius 3 is 2.59 bits per heavy atom. The number of rotatable bonds is 2. The van der Waals surface area contributed by atoms with Gasteiger partial charge in [0.05, 0.1) is 23.9 Å². The molecule has 0 atom stereocenters. The molecule has 0 aliphatic carbocycles. The molecule has 1 aromatic heterocycles. The number of pyridine rings is 1. The van der Waals surface area contributed by atoms with E-state index in [1.54, 1.807) is 19.2 Å². The summed E-state index contributed by atoms with van der Waals surface area (Å²) in [6.45, 7) is 8.40. The third-order valence-electron chi connectivity index (χ3n) is 5.86. The zero-order valence-electron chi connectivity index (χ0n) is 18.9. The standard InChI is InChI=1S/C27H26N2O3/c1-15-14-27(3,4)29-19-10-9-18-24(23(15)19)22(13-17-8-6-7-16(2)28-17)32-21-12-11-20(30)26(31-5)25(18)21/h6-14,29-30H,1-5H3/b22-13-. The summed E-state index contributed by atoms with van der Waals surface area (Å²) in [5, 5.41) is 14.1. The number of phenolic OH excluding ortho intramolecular Hbond substituents is 1. The van der Waals surface area contributed by atoms with E-state index in [-0.39, 0.29) is 11.3 Å². The highest BCUT2D eigenvalue weighted by Crippen LogP contribution is 2.53. The van der Waals surface area contributed by atoms with Crippen LogP contribution in [0.4, 0.5) is 5.69 Å². The lowest BCUT2D eigenvalue weighted by Crippen LogP contribution is -2.32. The first kappa shape index (κ1) is 20.2. The Hall–Kier alpha value is -3.73. The van der Waals surface area contributed by atoms with Crippen molar-refractivity contribution in [1.82, 2.24) is 4.98 Å². The molecule has 3 heterocycles. The number of nitrogens with one attached hydrogen (secondary N) is 1. The third kappa shape index (κ3) is 3.21. The molecule has 0 radical (unpaired) electrons. The molecular formula is C27H26N2O3. The lowest BCUT2D eigenvalue weighted by Gasteiger charge is -2.35. The van der Waals surface area contributed by atoms with Crippen molar-refractivity contribution in [1.29, 1.82) is 0 Å². The highest BCUT2D eigenvalue weighted by molar-refractivity contribution is 6.02. The fraction of sp³-hybridized carbons (Fsp3) is 0.222. The molecule has 32 heavy (non-hydrogen) atoms. The van der Waals surface area contributed by atoms with Crippen LogP contribution in [0.15, 0.2) is 48.5 Å². The van der Waals surface area contributed by atoms with Crippen molar-refractivity contribution in [2.24, 2.45) is 0 Å². The number of aryl methyl sites for hydroxylation is 1. The molecular weight excluding hydrogens is 400 g/mol. The molecule has 0 amide bonds. The van der Waals surface area contributed by atoms with E-state index in [2.05, 4.69) is 49.3 Å². The molecule has 0 saturated carbocycles. The molecule has 0 spiro atoms. The normalized spacial score (nSPS) is 16.8. The summed E-state index contributed by atoms with van der Waals surface area (Å²) in [7, 11) is 1.56.